The van der Waals surface area contributed by atoms with E-state index in [9.17, 15) is 13.6 Å². The molecule has 0 atom stereocenters. The maximum Gasteiger partial charge on any atom is 0.250 e. The Bertz CT molecular complexity index is 187. The lowest BCUT2D eigenvalue weighted by molar-refractivity contribution is -0.115. The van der Waals surface area contributed by atoms with Gasteiger partial charge in [-0.25, -0.2) is 8.78 Å². The van der Waals surface area contributed by atoms with Crippen molar-refractivity contribution in [1.29, 1.82) is 0 Å². The van der Waals surface area contributed by atoms with E-state index in [1.165, 1.54) is 6.42 Å². The molecular weight excluding hydrogens is 178 g/mol. The molecule has 0 aromatic rings. The number of amides is 1. The third-order valence-electron chi connectivity index (χ3n) is 2.14. The molecular formula is C8H13F2N2O. The second-order valence-corrected chi connectivity index (χ2v) is 3.26. The lowest BCUT2D eigenvalue weighted by Gasteiger charge is -2.31. The first kappa shape index (κ1) is 10.4. The summed E-state index contributed by atoms with van der Waals surface area (Å²) in [5.41, 5.74) is 4.89. The quantitative estimate of drug-likeness (QED) is 0.702. The zero-order chi connectivity index (χ0) is 9.90. The van der Waals surface area contributed by atoms with Crippen molar-refractivity contribution in [3.8, 4) is 0 Å². The minimum Gasteiger partial charge on any atom is -0.369 e. The average molecular weight is 191 g/mol. The van der Waals surface area contributed by atoms with Gasteiger partial charge in [-0.2, -0.15) is 0 Å². The van der Waals surface area contributed by atoms with Crippen molar-refractivity contribution < 1.29 is 13.6 Å². The monoisotopic (exact) mass is 191 g/mol. The number of hydrogen-bond donors (Lipinski definition) is 1. The molecule has 0 aliphatic carbocycles. The molecule has 0 bridgehead atoms. The van der Waals surface area contributed by atoms with Crippen LogP contribution in [0.1, 0.15) is 12.8 Å². The van der Waals surface area contributed by atoms with E-state index >= 15 is 0 Å². The Morgan fingerprint density at radius 3 is 2.46 bits per heavy atom. The molecule has 1 fully saturated rings. The summed E-state index contributed by atoms with van der Waals surface area (Å²) in [6.45, 7) is 1.04. The normalized spacial score (nSPS) is 22.9. The second kappa shape index (κ2) is 4.00. The largest absolute Gasteiger partial charge is 0.369 e. The zero-order valence-corrected chi connectivity index (χ0v) is 7.30. The molecule has 13 heavy (non-hydrogen) atoms. The van der Waals surface area contributed by atoms with Crippen LogP contribution in [0.25, 0.3) is 0 Å². The maximum atomic E-state index is 12.6. The first-order chi connectivity index (χ1) is 5.99. The van der Waals surface area contributed by atoms with Crippen LogP contribution in [0.4, 0.5) is 8.78 Å². The van der Waals surface area contributed by atoms with Crippen molar-refractivity contribution in [2.45, 2.75) is 18.8 Å². The standard InChI is InChI=1S/C8H13F2N2O/c9-8(10)2-5-12(6-3-8)4-1-7(11)13/h1H,2-6H2,(H2,11,13). The van der Waals surface area contributed by atoms with E-state index in [-0.39, 0.29) is 12.8 Å². The molecule has 0 saturated carbocycles. The number of halogens is 2. The molecule has 2 N–H and O–H groups in total. The van der Waals surface area contributed by atoms with E-state index in [4.69, 9.17) is 5.73 Å². The Kier molecular flexibility index (Phi) is 3.19. The Hall–Kier alpha value is -0.710. The molecule has 5 heteroatoms. The fourth-order valence-electron chi connectivity index (χ4n) is 1.28. The molecule has 0 aromatic heterocycles. The van der Waals surface area contributed by atoms with Crippen LogP contribution >= 0.6 is 0 Å². The summed E-state index contributed by atoms with van der Waals surface area (Å²) < 4.78 is 25.3. The summed E-state index contributed by atoms with van der Waals surface area (Å²) in [4.78, 5) is 12.2. The molecule has 1 amide bonds. The lowest BCUT2D eigenvalue weighted by Crippen LogP contribution is -2.40. The molecule has 1 rings (SSSR count). The van der Waals surface area contributed by atoms with Crippen LogP contribution in [-0.2, 0) is 4.79 Å². The number of carbonyl (C=O) groups is 1. The number of nitrogens with two attached hydrogens (primary N) is 1. The Morgan fingerprint density at radius 2 is 2.00 bits per heavy atom. The van der Waals surface area contributed by atoms with E-state index in [0.29, 0.717) is 19.6 Å². The summed E-state index contributed by atoms with van der Waals surface area (Å²) >= 11 is 0. The number of rotatable bonds is 3. The van der Waals surface area contributed by atoms with Gasteiger partial charge in [0.1, 0.15) is 0 Å². The maximum absolute atomic E-state index is 12.6. The van der Waals surface area contributed by atoms with Crippen molar-refractivity contribution in [3.05, 3.63) is 6.42 Å². The van der Waals surface area contributed by atoms with E-state index in [0.717, 1.165) is 0 Å². The highest BCUT2D eigenvalue weighted by molar-refractivity contribution is 5.83. The number of nitrogens with zero attached hydrogens (tertiary/aromatic N) is 1. The third-order valence-corrected chi connectivity index (χ3v) is 2.14. The van der Waals surface area contributed by atoms with Crippen molar-refractivity contribution >= 4 is 5.91 Å². The van der Waals surface area contributed by atoms with Crippen molar-refractivity contribution in [2.24, 2.45) is 5.73 Å². The molecule has 1 heterocycles. The van der Waals surface area contributed by atoms with Gasteiger partial charge in [0.15, 0.2) is 0 Å². The predicted molar refractivity (Wildman–Crippen MR) is 44.1 cm³/mol. The van der Waals surface area contributed by atoms with Gasteiger partial charge in [-0.15, -0.1) is 0 Å². The lowest BCUT2D eigenvalue weighted by atomic mass is 10.1. The Balaban J connectivity index is 2.21. The van der Waals surface area contributed by atoms with Crippen LogP contribution in [0.2, 0.25) is 0 Å². The Morgan fingerprint density at radius 1 is 1.46 bits per heavy atom. The highest BCUT2D eigenvalue weighted by Crippen LogP contribution is 2.27. The molecule has 1 radical (unpaired) electrons. The third kappa shape index (κ3) is 3.67. The SMILES string of the molecule is NC(=O)[CH]CN1CCC(F)(F)CC1. The molecule has 1 saturated heterocycles. The van der Waals surface area contributed by atoms with Gasteiger partial charge in [0, 0.05) is 32.5 Å². The highest BCUT2D eigenvalue weighted by Gasteiger charge is 2.33. The molecule has 0 aromatic carbocycles. The zero-order valence-electron chi connectivity index (χ0n) is 7.30. The smallest absolute Gasteiger partial charge is 0.250 e. The van der Waals surface area contributed by atoms with Crippen LogP contribution in [0, 0.1) is 6.42 Å². The number of primary amides is 1. The molecule has 3 nitrogen and oxygen atoms in total. The summed E-state index contributed by atoms with van der Waals surface area (Å²) in [5.74, 6) is -3.03. The summed E-state index contributed by atoms with van der Waals surface area (Å²) in [6, 6.07) is 0. The number of alkyl halides is 2. The summed E-state index contributed by atoms with van der Waals surface area (Å²) in [5, 5.41) is 0. The van der Waals surface area contributed by atoms with Gasteiger partial charge in [-0.1, -0.05) is 0 Å². The summed E-state index contributed by atoms with van der Waals surface area (Å²) in [7, 11) is 0. The van der Waals surface area contributed by atoms with Gasteiger partial charge >= 0.3 is 0 Å². The first-order valence-electron chi connectivity index (χ1n) is 4.22. The van der Waals surface area contributed by atoms with E-state index in [1.807, 2.05) is 0 Å². The number of hydrogen-bond acceptors (Lipinski definition) is 2. The van der Waals surface area contributed by atoms with Gasteiger partial charge in [0.25, 0.3) is 5.92 Å². The van der Waals surface area contributed by atoms with Gasteiger partial charge in [-0.3, -0.25) is 4.79 Å². The number of carbonyl (C=O) groups excluding carboxylic acids is 1. The van der Waals surface area contributed by atoms with Crippen LogP contribution in [0.15, 0.2) is 0 Å². The molecule has 0 unspecified atom stereocenters. The van der Waals surface area contributed by atoms with E-state index in [2.05, 4.69) is 0 Å². The van der Waals surface area contributed by atoms with E-state index in [1.54, 1.807) is 4.90 Å². The Labute approximate surface area is 75.9 Å². The highest BCUT2D eigenvalue weighted by atomic mass is 19.3. The van der Waals surface area contributed by atoms with Gasteiger partial charge in [-0.05, 0) is 0 Å². The summed E-state index contributed by atoms with van der Waals surface area (Å²) in [6.07, 6.45) is 1.06. The topological polar surface area (TPSA) is 46.3 Å². The molecule has 0 spiro atoms. The number of likely N-dealkylation sites (tertiary alicyclic amines) is 1. The molecule has 75 valence electrons. The van der Waals surface area contributed by atoms with Gasteiger partial charge < -0.3 is 10.6 Å². The van der Waals surface area contributed by atoms with Gasteiger partial charge in [0.2, 0.25) is 5.91 Å². The molecule has 1 aliphatic rings. The fraction of sp³-hybridized carbons (Fsp3) is 0.750. The van der Waals surface area contributed by atoms with Crippen LogP contribution in [0.5, 0.6) is 0 Å². The fourth-order valence-corrected chi connectivity index (χ4v) is 1.28. The first-order valence-corrected chi connectivity index (χ1v) is 4.22. The van der Waals surface area contributed by atoms with Crippen LogP contribution < -0.4 is 5.73 Å². The van der Waals surface area contributed by atoms with Crippen LogP contribution in [0.3, 0.4) is 0 Å². The minimum atomic E-state index is -2.52. The van der Waals surface area contributed by atoms with Gasteiger partial charge in [0.05, 0.1) is 6.42 Å². The molecule has 1 aliphatic heterocycles. The average Bonchev–Trinajstić information content (AvgIpc) is 2.02. The minimum absolute atomic E-state index is 0.125. The van der Waals surface area contributed by atoms with Crippen LogP contribution in [-0.4, -0.2) is 36.4 Å². The van der Waals surface area contributed by atoms with Crippen molar-refractivity contribution in [2.75, 3.05) is 19.6 Å². The van der Waals surface area contributed by atoms with Crippen molar-refractivity contribution in [3.63, 3.8) is 0 Å². The van der Waals surface area contributed by atoms with Crippen molar-refractivity contribution in [1.82, 2.24) is 4.90 Å². The second-order valence-electron chi connectivity index (χ2n) is 3.26. The van der Waals surface area contributed by atoms with E-state index < -0.39 is 11.8 Å². The number of piperidine rings is 1. The predicted octanol–water partition coefficient (Wildman–Crippen LogP) is 0.407.